The van der Waals surface area contributed by atoms with Crippen LogP contribution >= 0.6 is 11.8 Å². The molecule has 0 radical (unpaired) electrons. The van der Waals surface area contributed by atoms with Gasteiger partial charge in [-0.25, -0.2) is 4.98 Å². The van der Waals surface area contributed by atoms with Gasteiger partial charge in [0, 0.05) is 4.90 Å². The molecule has 1 heterocycles. The number of carbonyl (C=O) groups excluding carboxylic acids is 1. The molecule has 3 rings (SSSR count). The molecule has 0 aliphatic rings. The molecule has 0 unspecified atom stereocenters. The van der Waals surface area contributed by atoms with Crippen LogP contribution in [0.25, 0.3) is 0 Å². The van der Waals surface area contributed by atoms with Gasteiger partial charge in [0.25, 0.3) is 0 Å². The smallest absolute Gasteiger partial charge is 0.196 e. The number of oxazole rings is 1. The topological polar surface area (TPSA) is 72.6 Å². The van der Waals surface area contributed by atoms with Crippen molar-refractivity contribution in [2.24, 2.45) is 0 Å². The molecule has 0 aliphatic carbocycles. The number of aliphatic hydroxyl groups is 1. The Hall–Kier alpha value is -2.57. The molecule has 1 aromatic heterocycles. The number of nitrogens with zero attached hydrogens (tertiary/aromatic N) is 1. The van der Waals surface area contributed by atoms with E-state index in [0.717, 1.165) is 21.8 Å². The van der Waals surface area contributed by atoms with Crippen molar-refractivity contribution < 1.29 is 19.1 Å². The fraction of sp³-hybridized carbons (Fsp3) is 0.111. The molecule has 0 saturated carbocycles. The molecule has 0 bridgehead atoms. The molecule has 0 amide bonds. The van der Waals surface area contributed by atoms with Crippen LogP contribution in [0.3, 0.4) is 0 Å². The summed E-state index contributed by atoms with van der Waals surface area (Å²) in [4.78, 5) is 15.6. The van der Waals surface area contributed by atoms with E-state index >= 15 is 0 Å². The SMILES string of the molecule is O=Cc1ncoc1Sc1ccc(OCc2cccc(CO)c2)cc1. The third-order valence-electron chi connectivity index (χ3n) is 3.29. The standard InChI is InChI=1S/C18H15NO4S/c20-9-13-2-1-3-14(8-13)11-22-15-4-6-16(7-5-15)24-18-17(10-21)19-12-23-18/h1-8,10,12,20H,9,11H2. The van der Waals surface area contributed by atoms with Crippen LogP contribution in [0, 0.1) is 0 Å². The highest BCUT2D eigenvalue weighted by Crippen LogP contribution is 2.30. The molecular weight excluding hydrogens is 326 g/mol. The Morgan fingerprint density at radius 3 is 2.71 bits per heavy atom. The van der Waals surface area contributed by atoms with Gasteiger partial charge in [-0.1, -0.05) is 24.3 Å². The Kier molecular flexibility index (Phi) is 5.30. The molecule has 6 heteroatoms. The summed E-state index contributed by atoms with van der Waals surface area (Å²) in [6.07, 6.45) is 1.92. The lowest BCUT2D eigenvalue weighted by Crippen LogP contribution is -1.96. The molecule has 0 saturated heterocycles. The van der Waals surface area contributed by atoms with Gasteiger partial charge in [-0.3, -0.25) is 4.79 Å². The van der Waals surface area contributed by atoms with Crippen molar-refractivity contribution in [3.05, 3.63) is 71.7 Å². The molecule has 0 aliphatic heterocycles. The first kappa shape index (κ1) is 16.3. The van der Waals surface area contributed by atoms with E-state index in [9.17, 15) is 4.79 Å². The fourth-order valence-electron chi connectivity index (χ4n) is 2.09. The van der Waals surface area contributed by atoms with Gasteiger partial charge in [-0.15, -0.1) is 0 Å². The van der Waals surface area contributed by atoms with Gasteiger partial charge in [-0.2, -0.15) is 0 Å². The molecule has 3 aromatic rings. The van der Waals surface area contributed by atoms with Gasteiger partial charge >= 0.3 is 0 Å². The maximum Gasteiger partial charge on any atom is 0.196 e. The molecule has 5 nitrogen and oxygen atoms in total. The molecular formula is C18H15NO4S. The van der Waals surface area contributed by atoms with E-state index in [2.05, 4.69) is 4.98 Å². The highest BCUT2D eigenvalue weighted by Gasteiger charge is 2.09. The lowest BCUT2D eigenvalue weighted by Gasteiger charge is -2.08. The summed E-state index contributed by atoms with van der Waals surface area (Å²) in [7, 11) is 0. The Morgan fingerprint density at radius 2 is 1.96 bits per heavy atom. The number of aromatic nitrogens is 1. The van der Waals surface area contributed by atoms with Crippen LogP contribution in [0.5, 0.6) is 5.75 Å². The van der Waals surface area contributed by atoms with Crippen LogP contribution in [0.2, 0.25) is 0 Å². The van der Waals surface area contributed by atoms with Crippen LogP contribution in [0.4, 0.5) is 0 Å². The normalized spacial score (nSPS) is 10.5. The molecule has 1 N–H and O–H groups in total. The minimum atomic E-state index is 0.0180. The van der Waals surface area contributed by atoms with E-state index in [1.54, 1.807) is 0 Å². The molecule has 0 atom stereocenters. The maximum atomic E-state index is 10.8. The maximum absolute atomic E-state index is 10.8. The van der Waals surface area contributed by atoms with Crippen LogP contribution in [-0.2, 0) is 13.2 Å². The van der Waals surface area contributed by atoms with Gasteiger partial charge in [0.1, 0.15) is 12.4 Å². The molecule has 122 valence electrons. The number of hydrogen-bond donors (Lipinski definition) is 1. The van der Waals surface area contributed by atoms with Crippen molar-refractivity contribution in [2.75, 3.05) is 0 Å². The van der Waals surface area contributed by atoms with E-state index in [0.29, 0.717) is 23.7 Å². The molecule has 2 aromatic carbocycles. The highest BCUT2D eigenvalue weighted by atomic mass is 32.2. The zero-order chi connectivity index (χ0) is 16.8. The first-order chi connectivity index (χ1) is 11.8. The first-order valence-electron chi connectivity index (χ1n) is 7.26. The largest absolute Gasteiger partial charge is 0.489 e. The highest BCUT2D eigenvalue weighted by molar-refractivity contribution is 7.99. The number of hydrogen-bond acceptors (Lipinski definition) is 6. The van der Waals surface area contributed by atoms with Gasteiger partial charge in [0.05, 0.1) is 6.61 Å². The number of ether oxygens (including phenoxy) is 1. The summed E-state index contributed by atoms with van der Waals surface area (Å²) in [6.45, 7) is 0.446. The van der Waals surface area contributed by atoms with E-state index in [1.807, 2.05) is 48.5 Å². The van der Waals surface area contributed by atoms with E-state index in [-0.39, 0.29) is 6.61 Å². The predicted molar refractivity (Wildman–Crippen MR) is 89.2 cm³/mol. The minimum Gasteiger partial charge on any atom is -0.489 e. The molecule has 0 fully saturated rings. The Bertz CT molecular complexity index is 814. The number of aldehydes is 1. The Labute approximate surface area is 143 Å². The van der Waals surface area contributed by atoms with Crippen LogP contribution < -0.4 is 4.74 Å². The third-order valence-corrected chi connectivity index (χ3v) is 4.28. The quantitative estimate of drug-likeness (QED) is 0.661. The van der Waals surface area contributed by atoms with Crippen molar-refractivity contribution >= 4 is 18.0 Å². The van der Waals surface area contributed by atoms with Gasteiger partial charge in [0.2, 0.25) is 0 Å². The summed E-state index contributed by atoms with van der Waals surface area (Å²) >= 11 is 1.33. The van der Waals surface area contributed by atoms with Crippen molar-refractivity contribution in [3.8, 4) is 5.75 Å². The van der Waals surface area contributed by atoms with E-state index < -0.39 is 0 Å². The second-order valence-electron chi connectivity index (χ2n) is 4.98. The van der Waals surface area contributed by atoms with Crippen molar-refractivity contribution in [1.82, 2.24) is 4.98 Å². The van der Waals surface area contributed by atoms with Crippen molar-refractivity contribution in [1.29, 1.82) is 0 Å². The number of carbonyl (C=O) groups is 1. The summed E-state index contributed by atoms with van der Waals surface area (Å²) in [5.41, 5.74) is 2.15. The monoisotopic (exact) mass is 341 g/mol. The van der Waals surface area contributed by atoms with E-state index in [1.165, 1.54) is 18.2 Å². The first-order valence-corrected chi connectivity index (χ1v) is 8.08. The fourth-order valence-corrected chi connectivity index (χ4v) is 2.88. The zero-order valence-electron chi connectivity index (χ0n) is 12.7. The van der Waals surface area contributed by atoms with E-state index in [4.69, 9.17) is 14.3 Å². The van der Waals surface area contributed by atoms with Gasteiger partial charge in [0.15, 0.2) is 23.5 Å². The molecule has 0 spiro atoms. The molecule has 24 heavy (non-hydrogen) atoms. The Morgan fingerprint density at radius 1 is 1.17 bits per heavy atom. The lowest BCUT2D eigenvalue weighted by molar-refractivity contribution is 0.111. The number of aliphatic hydroxyl groups excluding tert-OH is 1. The average molecular weight is 341 g/mol. The van der Waals surface area contributed by atoms with Gasteiger partial charge in [-0.05, 0) is 47.2 Å². The van der Waals surface area contributed by atoms with Gasteiger partial charge < -0.3 is 14.3 Å². The average Bonchev–Trinajstić information content (AvgIpc) is 3.08. The minimum absolute atomic E-state index is 0.0180. The van der Waals surface area contributed by atoms with Crippen LogP contribution in [-0.4, -0.2) is 16.4 Å². The number of benzene rings is 2. The predicted octanol–water partition coefficient (Wildman–Crippen LogP) is 3.71. The third kappa shape index (κ3) is 4.04. The van der Waals surface area contributed by atoms with Crippen molar-refractivity contribution in [3.63, 3.8) is 0 Å². The summed E-state index contributed by atoms with van der Waals surface area (Å²) in [5.74, 6) is 0.738. The van der Waals surface area contributed by atoms with Crippen molar-refractivity contribution in [2.45, 2.75) is 23.2 Å². The lowest BCUT2D eigenvalue weighted by atomic mass is 10.1. The second kappa shape index (κ2) is 7.81. The zero-order valence-corrected chi connectivity index (χ0v) is 13.5. The second-order valence-corrected chi connectivity index (χ2v) is 6.03. The number of rotatable bonds is 7. The van der Waals surface area contributed by atoms with Crippen LogP contribution in [0.15, 0.2) is 69.3 Å². The summed E-state index contributed by atoms with van der Waals surface area (Å²) < 4.78 is 10.9. The summed E-state index contributed by atoms with van der Waals surface area (Å²) in [5, 5.41) is 9.62. The van der Waals surface area contributed by atoms with Crippen LogP contribution in [0.1, 0.15) is 21.6 Å². The Balaban J connectivity index is 1.61. The summed E-state index contributed by atoms with van der Waals surface area (Å²) in [6, 6.07) is 15.1.